The molecule has 1 saturated heterocycles. The molecule has 5 nitrogen and oxygen atoms in total. The first-order valence-corrected chi connectivity index (χ1v) is 9.34. The number of hydrogen-bond donors (Lipinski definition) is 1. The smallest absolute Gasteiger partial charge is 0.344 e. The Labute approximate surface area is 163 Å². The van der Waals surface area contributed by atoms with Crippen LogP contribution in [0.3, 0.4) is 0 Å². The summed E-state index contributed by atoms with van der Waals surface area (Å²) in [5.74, 6) is -0.556. The number of rotatable bonds is 5. The number of carbonyl (C=O) groups is 2. The molecule has 1 fully saturated rings. The van der Waals surface area contributed by atoms with Crippen LogP contribution in [0.5, 0.6) is 5.75 Å². The summed E-state index contributed by atoms with van der Waals surface area (Å²) in [5.41, 5.74) is 3.10. The number of carboxylic acids is 1. The molecule has 0 unspecified atom stereocenters. The monoisotopic (exact) mass is 387 g/mol. The molecule has 3 rings (SSSR count). The third-order valence-corrected chi connectivity index (χ3v) is 4.99. The minimum Gasteiger partial charge on any atom is -0.479 e. The molecule has 0 saturated carbocycles. The molecule has 0 aliphatic carbocycles. The molecule has 6 heteroatoms. The number of aliphatic carboxylic acids is 1. The van der Waals surface area contributed by atoms with Gasteiger partial charge in [0.15, 0.2) is 6.10 Å². The number of likely N-dealkylation sites (tertiary alicyclic amines) is 1. The zero-order valence-electron chi connectivity index (χ0n) is 15.4. The van der Waals surface area contributed by atoms with Gasteiger partial charge in [-0.1, -0.05) is 17.7 Å². The number of ether oxygens (including phenoxy) is 1. The molecule has 1 atom stereocenters. The molecule has 142 valence electrons. The third kappa shape index (κ3) is 4.25. The first kappa shape index (κ1) is 19.2. The van der Waals surface area contributed by atoms with E-state index in [4.69, 9.17) is 21.4 Å². The van der Waals surface area contributed by atoms with E-state index in [-0.39, 0.29) is 5.91 Å². The molecule has 1 heterocycles. The number of carbonyl (C=O) groups excluding carboxylic acids is 1. The van der Waals surface area contributed by atoms with Crippen molar-refractivity contribution in [3.63, 3.8) is 0 Å². The summed E-state index contributed by atoms with van der Waals surface area (Å²) in [6.45, 7) is 5.00. The lowest BCUT2D eigenvalue weighted by Crippen LogP contribution is -2.27. The SMILES string of the molecule is Cc1cc(C(=O)N2CCCC2)ccc1-c1cc(Cl)ccc1O[C@@H](C)C(=O)O. The maximum absolute atomic E-state index is 12.6. The van der Waals surface area contributed by atoms with Crippen molar-refractivity contribution in [2.45, 2.75) is 32.8 Å². The lowest BCUT2D eigenvalue weighted by atomic mass is 9.97. The van der Waals surface area contributed by atoms with Gasteiger partial charge < -0.3 is 14.7 Å². The first-order valence-electron chi connectivity index (χ1n) is 8.96. The number of benzene rings is 2. The van der Waals surface area contributed by atoms with Gasteiger partial charge in [0.05, 0.1) is 0 Å². The molecular weight excluding hydrogens is 366 g/mol. The van der Waals surface area contributed by atoms with E-state index in [9.17, 15) is 9.59 Å². The summed E-state index contributed by atoms with van der Waals surface area (Å²) >= 11 is 6.15. The molecule has 2 aromatic carbocycles. The van der Waals surface area contributed by atoms with E-state index in [1.54, 1.807) is 24.3 Å². The summed E-state index contributed by atoms with van der Waals surface area (Å²) in [7, 11) is 0. The van der Waals surface area contributed by atoms with E-state index in [0.717, 1.165) is 37.1 Å². The highest BCUT2D eigenvalue weighted by molar-refractivity contribution is 6.31. The van der Waals surface area contributed by atoms with Gasteiger partial charge in [-0.2, -0.15) is 0 Å². The van der Waals surface area contributed by atoms with Crippen molar-refractivity contribution in [2.75, 3.05) is 13.1 Å². The minimum atomic E-state index is -1.04. The fourth-order valence-electron chi connectivity index (χ4n) is 3.26. The van der Waals surface area contributed by atoms with Crippen LogP contribution in [0.2, 0.25) is 5.02 Å². The van der Waals surface area contributed by atoms with Gasteiger partial charge in [0.2, 0.25) is 0 Å². The second-order valence-electron chi connectivity index (χ2n) is 6.77. The maximum atomic E-state index is 12.6. The Bertz CT molecular complexity index is 874. The van der Waals surface area contributed by atoms with Crippen LogP contribution in [0.25, 0.3) is 11.1 Å². The average molecular weight is 388 g/mol. The van der Waals surface area contributed by atoms with Crippen LogP contribution in [0.15, 0.2) is 36.4 Å². The van der Waals surface area contributed by atoms with Crippen LogP contribution in [0, 0.1) is 6.92 Å². The Morgan fingerprint density at radius 1 is 1.11 bits per heavy atom. The van der Waals surface area contributed by atoms with Crippen molar-refractivity contribution >= 4 is 23.5 Å². The lowest BCUT2D eigenvalue weighted by molar-refractivity contribution is -0.144. The van der Waals surface area contributed by atoms with Crippen molar-refractivity contribution < 1.29 is 19.4 Å². The quantitative estimate of drug-likeness (QED) is 0.825. The molecule has 0 spiro atoms. The van der Waals surface area contributed by atoms with Gasteiger partial charge in [0.25, 0.3) is 5.91 Å². The Morgan fingerprint density at radius 3 is 2.44 bits per heavy atom. The highest BCUT2D eigenvalue weighted by Gasteiger charge is 2.21. The molecule has 0 aromatic heterocycles. The van der Waals surface area contributed by atoms with E-state index in [1.807, 2.05) is 24.0 Å². The molecule has 2 aromatic rings. The van der Waals surface area contributed by atoms with Crippen molar-refractivity contribution in [2.24, 2.45) is 0 Å². The summed E-state index contributed by atoms with van der Waals surface area (Å²) in [6, 6.07) is 10.6. The van der Waals surface area contributed by atoms with E-state index in [0.29, 0.717) is 21.9 Å². The molecule has 0 radical (unpaired) electrons. The summed E-state index contributed by atoms with van der Waals surface area (Å²) < 4.78 is 5.60. The Kier molecular flexibility index (Phi) is 5.71. The first-order chi connectivity index (χ1) is 12.9. The predicted octanol–water partition coefficient (Wildman–Crippen LogP) is 4.40. The fourth-order valence-corrected chi connectivity index (χ4v) is 3.43. The van der Waals surface area contributed by atoms with Gasteiger partial charge >= 0.3 is 5.97 Å². The second-order valence-corrected chi connectivity index (χ2v) is 7.20. The zero-order valence-corrected chi connectivity index (χ0v) is 16.1. The largest absolute Gasteiger partial charge is 0.479 e. The van der Waals surface area contributed by atoms with Crippen LogP contribution >= 0.6 is 11.6 Å². The number of carboxylic acid groups (broad SMARTS) is 1. The molecule has 1 aliphatic rings. The molecule has 1 amide bonds. The summed E-state index contributed by atoms with van der Waals surface area (Å²) in [4.78, 5) is 25.6. The van der Waals surface area contributed by atoms with Crippen molar-refractivity contribution in [1.29, 1.82) is 0 Å². The zero-order chi connectivity index (χ0) is 19.6. The fraction of sp³-hybridized carbons (Fsp3) is 0.333. The number of hydrogen-bond acceptors (Lipinski definition) is 3. The minimum absolute atomic E-state index is 0.0456. The third-order valence-electron chi connectivity index (χ3n) is 4.75. The van der Waals surface area contributed by atoms with E-state index < -0.39 is 12.1 Å². The van der Waals surface area contributed by atoms with E-state index in [1.165, 1.54) is 6.92 Å². The highest BCUT2D eigenvalue weighted by Crippen LogP contribution is 2.35. The Hall–Kier alpha value is -2.53. The number of halogens is 1. The Morgan fingerprint density at radius 2 is 1.81 bits per heavy atom. The molecule has 0 bridgehead atoms. The lowest BCUT2D eigenvalue weighted by Gasteiger charge is -2.18. The Balaban J connectivity index is 1.95. The van der Waals surface area contributed by atoms with Crippen molar-refractivity contribution in [1.82, 2.24) is 4.90 Å². The normalized spacial score (nSPS) is 14.9. The van der Waals surface area contributed by atoms with Crippen LogP contribution in [0.1, 0.15) is 35.7 Å². The topological polar surface area (TPSA) is 66.8 Å². The molecule has 27 heavy (non-hydrogen) atoms. The van der Waals surface area contributed by atoms with Crippen LogP contribution in [0.4, 0.5) is 0 Å². The van der Waals surface area contributed by atoms with Gasteiger partial charge in [0, 0.05) is 29.2 Å². The summed E-state index contributed by atoms with van der Waals surface area (Å²) in [6.07, 6.45) is 1.11. The number of amides is 1. The van der Waals surface area contributed by atoms with E-state index in [2.05, 4.69) is 0 Å². The van der Waals surface area contributed by atoms with Crippen LogP contribution in [-0.2, 0) is 4.79 Å². The number of aryl methyl sites for hydroxylation is 1. The van der Waals surface area contributed by atoms with Gasteiger partial charge in [0.1, 0.15) is 5.75 Å². The molecule has 1 aliphatic heterocycles. The average Bonchev–Trinajstić information content (AvgIpc) is 3.17. The number of nitrogens with zero attached hydrogens (tertiary/aromatic N) is 1. The van der Waals surface area contributed by atoms with Crippen LogP contribution in [-0.4, -0.2) is 41.1 Å². The highest BCUT2D eigenvalue weighted by atomic mass is 35.5. The van der Waals surface area contributed by atoms with Crippen molar-refractivity contribution in [3.8, 4) is 16.9 Å². The molecular formula is C21H22ClNO4. The standard InChI is InChI=1S/C21H22ClNO4/c1-13-11-15(20(24)23-9-3-4-10-23)5-7-17(13)18-12-16(22)6-8-19(18)27-14(2)21(25)26/h5-8,11-12,14H,3-4,9-10H2,1-2H3,(H,25,26)/t14-/m0/s1. The van der Waals surface area contributed by atoms with Gasteiger partial charge in [-0.05, 0) is 68.1 Å². The van der Waals surface area contributed by atoms with Crippen molar-refractivity contribution in [3.05, 3.63) is 52.5 Å². The van der Waals surface area contributed by atoms with Crippen LogP contribution < -0.4 is 4.74 Å². The summed E-state index contributed by atoms with van der Waals surface area (Å²) in [5, 5.41) is 9.65. The maximum Gasteiger partial charge on any atom is 0.344 e. The van der Waals surface area contributed by atoms with E-state index >= 15 is 0 Å². The predicted molar refractivity (Wildman–Crippen MR) is 104 cm³/mol. The molecule has 1 N–H and O–H groups in total. The van der Waals surface area contributed by atoms with Gasteiger partial charge in [-0.15, -0.1) is 0 Å². The second kappa shape index (κ2) is 8.01. The van der Waals surface area contributed by atoms with Gasteiger partial charge in [-0.25, -0.2) is 4.79 Å². The van der Waals surface area contributed by atoms with Gasteiger partial charge in [-0.3, -0.25) is 4.79 Å².